The molecule has 0 fully saturated rings. The van der Waals surface area contributed by atoms with Gasteiger partial charge in [0.15, 0.2) is 5.65 Å². The highest BCUT2D eigenvalue weighted by Crippen LogP contribution is 2.27. The predicted octanol–water partition coefficient (Wildman–Crippen LogP) is 4.79. The van der Waals surface area contributed by atoms with Crippen LogP contribution in [-0.4, -0.2) is 38.6 Å². The molecular weight excluding hydrogens is 468 g/mol. The lowest BCUT2D eigenvalue weighted by atomic mass is 10.1. The Balaban J connectivity index is 1.33. The number of aromatic amines is 1. The van der Waals surface area contributed by atoms with Crippen molar-refractivity contribution in [1.29, 1.82) is 0 Å². The second kappa shape index (κ2) is 8.47. The Kier molecular flexibility index (Phi) is 5.36. The maximum atomic E-state index is 12.6. The van der Waals surface area contributed by atoms with Crippen molar-refractivity contribution >= 4 is 44.2 Å². The van der Waals surface area contributed by atoms with Crippen LogP contribution in [-0.2, 0) is 0 Å². The molecule has 32 heavy (non-hydrogen) atoms. The van der Waals surface area contributed by atoms with Crippen LogP contribution in [0, 0.1) is 6.92 Å². The summed E-state index contributed by atoms with van der Waals surface area (Å²) >= 11 is 3.54. The zero-order valence-electron chi connectivity index (χ0n) is 17.4. The molecule has 5 aromatic rings. The second-order valence-electron chi connectivity index (χ2n) is 7.50. The molecule has 0 aliphatic heterocycles. The standard InChI is InChI=1S/C24H21BrN6O/c1-15-6-2-3-7-16(15)21-12-22(31-23(30-21)19(25)14-29-31)26-10-11-27-24(32)18-13-28-20-9-5-4-8-17(18)20/h2-9,12-14,26,28H,10-11H2,1H3,(H,27,32). The van der Waals surface area contributed by atoms with E-state index in [4.69, 9.17) is 4.98 Å². The first-order chi connectivity index (χ1) is 15.6. The molecule has 3 heterocycles. The first kappa shape index (κ1) is 20.3. The van der Waals surface area contributed by atoms with Gasteiger partial charge in [0.1, 0.15) is 5.82 Å². The largest absolute Gasteiger partial charge is 0.368 e. The smallest absolute Gasteiger partial charge is 0.253 e. The van der Waals surface area contributed by atoms with Gasteiger partial charge < -0.3 is 15.6 Å². The van der Waals surface area contributed by atoms with E-state index < -0.39 is 0 Å². The molecule has 0 spiro atoms. The number of nitrogens with zero attached hydrogens (tertiary/aromatic N) is 3. The third-order valence-electron chi connectivity index (χ3n) is 5.40. The third-order valence-corrected chi connectivity index (χ3v) is 5.96. The monoisotopic (exact) mass is 488 g/mol. The highest BCUT2D eigenvalue weighted by atomic mass is 79.9. The van der Waals surface area contributed by atoms with Gasteiger partial charge in [-0.15, -0.1) is 0 Å². The van der Waals surface area contributed by atoms with Gasteiger partial charge >= 0.3 is 0 Å². The van der Waals surface area contributed by atoms with Gasteiger partial charge in [-0.2, -0.15) is 9.61 Å². The Labute approximate surface area is 193 Å². The number of benzene rings is 2. The lowest BCUT2D eigenvalue weighted by Gasteiger charge is -2.12. The highest BCUT2D eigenvalue weighted by molar-refractivity contribution is 9.10. The van der Waals surface area contributed by atoms with E-state index in [-0.39, 0.29) is 5.91 Å². The maximum absolute atomic E-state index is 12.6. The van der Waals surface area contributed by atoms with Crippen LogP contribution in [0.15, 0.2) is 71.5 Å². The number of aromatic nitrogens is 4. The van der Waals surface area contributed by atoms with Crippen LogP contribution >= 0.6 is 15.9 Å². The van der Waals surface area contributed by atoms with E-state index in [1.54, 1.807) is 16.9 Å². The molecule has 7 nitrogen and oxygen atoms in total. The van der Waals surface area contributed by atoms with Gasteiger partial charge in [0.05, 0.1) is 21.9 Å². The van der Waals surface area contributed by atoms with E-state index in [2.05, 4.69) is 55.7 Å². The number of aryl methyl sites for hydroxylation is 1. The van der Waals surface area contributed by atoms with Crippen molar-refractivity contribution in [2.75, 3.05) is 18.4 Å². The average molecular weight is 489 g/mol. The number of hydrogen-bond donors (Lipinski definition) is 3. The molecule has 3 N–H and O–H groups in total. The first-order valence-corrected chi connectivity index (χ1v) is 11.1. The number of hydrogen-bond acceptors (Lipinski definition) is 4. The summed E-state index contributed by atoms with van der Waals surface area (Å²) in [6, 6.07) is 17.9. The number of carbonyl (C=O) groups excluding carboxylic acids is 1. The Bertz CT molecular complexity index is 1440. The molecule has 8 heteroatoms. The normalized spacial score (nSPS) is 11.2. The Morgan fingerprint density at radius 2 is 1.94 bits per heavy atom. The lowest BCUT2D eigenvalue weighted by Crippen LogP contribution is -2.29. The van der Waals surface area contributed by atoms with Crippen molar-refractivity contribution in [3.63, 3.8) is 0 Å². The molecule has 1 amide bonds. The molecule has 0 saturated carbocycles. The summed E-state index contributed by atoms with van der Waals surface area (Å²) in [6.45, 7) is 3.07. The molecule has 3 aromatic heterocycles. The van der Waals surface area contributed by atoms with Crippen LogP contribution in [0.2, 0.25) is 0 Å². The first-order valence-electron chi connectivity index (χ1n) is 10.3. The fourth-order valence-electron chi connectivity index (χ4n) is 3.78. The summed E-state index contributed by atoms with van der Waals surface area (Å²) in [5.41, 5.74) is 5.40. The Morgan fingerprint density at radius 1 is 1.12 bits per heavy atom. The molecule has 2 aromatic carbocycles. The fourth-order valence-corrected chi connectivity index (χ4v) is 4.13. The predicted molar refractivity (Wildman–Crippen MR) is 130 cm³/mol. The minimum atomic E-state index is -0.105. The minimum absolute atomic E-state index is 0.105. The van der Waals surface area contributed by atoms with E-state index >= 15 is 0 Å². The van der Waals surface area contributed by atoms with Crippen LogP contribution in [0.4, 0.5) is 5.82 Å². The van der Waals surface area contributed by atoms with Gasteiger partial charge in [0.25, 0.3) is 5.91 Å². The number of fused-ring (bicyclic) bond motifs is 2. The number of H-pyrrole nitrogens is 1. The van der Waals surface area contributed by atoms with Crippen molar-refractivity contribution < 1.29 is 4.79 Å². The molecule has 160 valence electrons. The van der Waals surface area contributed by atoms with Gasteiger partial charge in [-0.25, -0.2) is 4.98 Å². The number of halogens is 1. The third kappa shape index (κ3) is 3.73. The molecule has 0 bridgehead atoms. The van der Waals surface area contributed by atoms with Crippen LogP contribution in [0.3, 0.4) is 0 Å². The Morgan fingerprint density at radius 3 is 2.81 bits per heavy atom. The average Bonchev–Trinajstić information content (AvgIpc) is 3.41. The van der Waals surface area contributed by atoms with Gasteiger partial charge in [-0.3, -0.25) is 4.79 Å². The molecule has 0 saturated heterocycles. The van der Waals surface area contributed by atoms with E-state index in [9.17, 15) is 4.79 Å². The second-order valence-corrected chi connectivity index (χ2v) is 8.35. The number of nitrogens with one attached hydrogen (secondary N) is 3. The van der Waals surface area contributed by atoms with E-state index in [1.807, 2.05) is 42.5 Å². The van der Waals surface area contributed by atoms with Gasteiger partial charge in [-0.1, -0.05) is 42.5 Å². The van der Waals surface area contributed by atoms with Crippen molar-refractivity contribution in [3.8, 4) is 11.3 Å². The van der Waals surface area contributed by atoms with Crippen LogP contribution in [0.5, 0.6) is 0 Å². The van der Waals surface area contributed by atoms with Crippen molar-refractivity contribution in [2.24, 2.45) is 0 Å². The van der Waals surface area contributed by atoms with Crippen LogP contribution < -0.4 is 10.6 Å². The van der Waals surface area contributed by atoms with Crippen molar-refractivity contribution in [2.45, 2.75) is 6.92 Å². The van der Waals surface area contributed by atoms with Gasteiger partial charge in [0, 0.05) is 41.8 Å². The summed E-state index contributed by atoms with van der Waals surface area (Å²) in [6.07, 6.45) is 3.48. The van der Waals surface area contributed by atoms with Crippen molar-refractivity contribution in [1.82, 2.24) is 24.9 Å². The summed E-state index contributed by atoms with van der Waals surface area (Å²) in [7, 11) is 0. The zero-order valence-corrected chi connectivity index (χ0v) is 19.0. The summed E-state index contributed by atoms with van der Waals surface area (Å²) in [5, 5.41) is 11.7. The molecule has 5 rings (SSSR count). The number of carbonyl (C=O) groups is 1. The van der Waals surface area contributed by atoms with Gasteiger partial charge in [-0.05, 0) is 34.5 Å². The lowest BCUT2D eigenvalue weighted by molar-refractivity contribution is 0.0957. The number of para-hydroxylation sites is 1. The molecule has 0 aliphatic carbocycles. The van der Waals surface area contributed by atoms with E-state index in [0.29, 0.717) is 18.7 Å². The molecule has 0 unspecified atom stereocenters. The van der Waals surface area contributed by atoms with Gasteiger partial charge in [0.2, 0.25) is 0 Å². The molecule has 0 radical (unpaired) electrons. The fraction of sp³-hybridized carbons (Fsp3) is 0.125. The topological polar surface area (TPSA) is 87.1 Å². The summed E-state index contributed by atoms with van der Waals surface area (Å²) in [5.74, 6) is 0.701. The van der Waals surface area contributed by atoms with E-state index in [0.717, 1.165) is 43.7 Å². The number of anilines is 1. The SMILES string of the molecule is Cc1ccccc1-c1cc(NCCNC(=O)c2c[nH]c3ccccc23)n2ncc(Br)c2n1. The van der Waals surface area contributed by atoms with Crippen LogP contribution in [0.25, 0.3) is 27.8 Å². The maximum Gasteiger partial charge on any atom is 0.253 e. The number of rotatable bonds is 6. The molecule has 0 atom stereocenters. The number of amides is 1. The zero-order chi connectivity index (χ0) is 22.1. The highest BCUT2D eigenvalue weighted by Gasteiger charge is 2.13. The quantitative estimate of drug-likeness (QED) is 0.300. The Hall–Kier alpha value is -3.65. The van der Waals surface area contributed by atoms with E-state index in [1.165, 1.54) is 0 Å². The minimum Gasteiger partial charge on any atom is -0.368 e. The molecule has 0 aliphatic rings. The van der Waals surface area contributed by atoms with Crippen molar-refractivity contribution in [3.05, 3.63) is 82.6 Å². The summed E-state index contributed by atoms with van der Waals surface area (Å²) < 4.78 is 2.58. The molecular formula is C24H21BrN6O. The summed E-state index contributed by atoms with van der Waals surface area (Å²) in [4.78, 5) is 20.6. The van der Waals surface area contributed by atoms with Crippen LogP contribution in [0.1, 0.15) is 15.9 Å².